The van der Waals surface area contributed by atoms with Crippen molar-refractivity contribution >= 4 is 5.91 Å². The molecule has 12 atom stereocenters. The zero-order valence-electron chi connectivity index (χ0n) is 39.3. The minimum Gasteiger partial charge on any atom is -0.394 e. The quantitative estimate of drug-likeness (QED) is 0.0254. The van der Waals surface area contributed by atoms with Gasteiger partial charge >= 0.3 is 0 Å². The van der Waals surface area contributed by atoms with Gasteiger partial charge in [-0.3, -0.25) is 4.79 Å². The van der Waals surface area contributed by atoms with Crippen molar-refractivity contribution in [3.05, 3.63) is 48.6 Å². The Labute approximate surface area is 384 Å². The first-order valence-electron chi connectivity index (χ1n) is 24.9. The van der Waals surface area contributed by atoms with Crippen molar-refractivity contribution in [2.24, 2.45) is 0 Å². The highest BCUT2D eigenvalue weighted by atomic mass is 16.7. The summed E-state index contributed by atoms with van der Waals surface area (Å²) in [5.41, 5.74) is 0. The first-order valence-corrected chi connectivity index (χ1v) is 24.9. The van der Waals surface area contributed by atoms with Crippen LogP contribution in [-0.4, -0.2) is 140 Å². The van der Waals surface area contributed by atoms with Crippen LogP contribution in [0.1, 0.15) is 168 Å². The summed E-state index contributed by atoms with van der Waals surface area (Å²) < 4.78 is 22.7. The summed E-state index contributed by atoms with van der Waals surface area (Å²) in [4.78, 5) is 13.1. The number of rotatable bonds is 37. The Morgan fingerprint density at radius 3 is 1.66 bits per heavy atom. The van der Waals surface area contributed by atoms with Crippen LogP contribution in [0.15, 0.2) is 48.6 Å². The molecule has 0 aromatic carbocycles. The number of hydrogen-bond donors (Lipinski definition) is 9. The molecule has 64 heavy (non-hydrogen) atoms. The summed E-state index contributed by atoms with van der Waals surface area (Å²) in [6.07, 6.45) is 25.7. The molecular weight excluding hydrogens is 823 g/mol. The van der Waals surface area contributed by atoms with Crippen molar-refractivity contribution in [1.82, 2.24) is 5.32 Å². The van der Waals surface area contributed by atoms with E-state index in [1.165, 1.54) is 70.6 Å². The Balaban J connectivity index is 1.88. The Hall–Kier alpha value is -2.05. The van der Waals surface area contributed by atoms with E-state index in [0.29, 0.717) is 6.42 Å². The normalized spacial score (nSPS) is 27.7. The fraction of sp³-hybridized carbons (Fsp3) is 0.820. The average molecular weight is 912 g/mol. The van der Waals surface area contributed by atoms with E-state index in [1.54, 1.807) is 6.08 Å². The van der Waals surface area contributed by atoms with Crippen molar-refractivity contribution in [3.63, 3.8) is 0 Å². The van der Waals surface area contributed by atoms with Crippen LogP contribution < -0.4 is 5.32 Å². The second-order valence-corrected chi connectivity index (χ2v) is 17.6. The molecule has 2 saturated heterocycles. The fourth-order valence-corrected chi connectivity index (χ4v) is 7.95. The van der Waals surface area contributed by atoms with Gasteiger partial charge in [0.1, 0.15) is 48.8 Å². The molecule has 372 valence electrons. The van der Waals surface area contributed by atoms with Crippen LogP contribution in [0, 0.1) is 0 Å². The summed E-state index contributed by atoms with van der Waals surface area (Å²) in [5, 5.41) is 86.7. The summed E-state index contributed by atoms with van der Waals surface area (Å²) in [6.45, 7) is 2.64. The molecule has 0 spiro atoms. The second kappa shape index (κ2) is 37.0. The first-order chi connectivity index (χ1) is 31.1. The van der Waals surface area contributed by atoms with Gasteiger partial charge in [0.25, 0.3) is 0 Å². The number of unbranched alkanes of at least 4 members (excludes halogenated alkanes) is 18. The lowest BCUT2D eigenvalue weighted by Crippen LogP contribution is -2.65. The molecule has 2 rings (SSSR count). The molecule has 0 saturated carbocycles. The molecular formula is C50H89NO13. The van der Waals surface area contributed by atoms with Crippen LogP contribution in [0.2, 0.25) is 0 Å². The molecule has 2 heterocycles. The number of carbonyl (C=O) groups excluding carboxylic acids is 1. The molecule has 1 amide bonds. The van der Waals surface area contributed by atoms with Crippen molar-refractivity contribution in [1.29, 1.82) is 0 Å². The number of nitrogens with one attached hydrogen (secondary N) is 1. The number of aliphatic hydroxyl groups excluding tert-OH is 8. The molecule has 0 aromatic heterocycles. The maximum Gasteiger partial charge on any atom is 0.220 e. The van der Waals surface area contributed by atoms with Gasteiger partial charge in [-0.15, -0.1) is 0 Å². The lowest BCUT2D eigenvalue weighted by Gasteiger charge is -2.46. The number of carbonyl (C=O) groups is 1. The van der Waals surface area contributed by atoms with E-state index in [9.17, 15) is 45.6 Å². The van der Waals surface area contributed by atoms with Crippen LogP contribution in [0.5, 0.6) is 0 Å². The van der Waals surface area contributed by atoms with E-state index in [-0.39, 0.29) is 18.9 Å². The van der Waals surface area contributed by atoms with E-state index in [1.807, 2.05) is 6.08 Å². The first kappa shape index (κ1) is 58.1. The molecule has 2 aliphatic rings. The summed E-state index contributed by atoms with van der Waals surface area (Å²) in [7, 11) is 0. The van der Waals surface area contributed by atoms with Crippen LogP contribution >= 0.6 is 0 Å². The standard InChI is InChI=1S/C50H89NO13/c1-3-5-7-9-11-13-15-17-19-21-23-25-27-29-31-33-39(54)38(51-42(55)34-32-30-28-26-24-22-20-18-16-14-12-10-8-6-4-2)37-61-49-47(60)45(58)48(41(36-53)63-49)64-50-46(59)44(57)43(56)40(35-52)62-50/h6,8,12,14,18,20,31,33,38-41,43-50,52-54,56-60H,3-5,7,9-11,13,15-17,19,21-30,32,34-37H2,1-2H3,(H,51,55)/b8-6-,14-12-,20-18-,33-31+. The van der Waals surface area contributed by atoms with Crippen molar-refractivity contribution < 1.29 is 64.6 Å². The summed E-state index contributed by atoms with van der Waals surface area (Å²) >= 11 is 0. The highest BCUT2D eigenvalue weighted by molar-refractivity contribution is 5.76. The van der Waals surface area contributed by atoms with Gasteiger partial charge in [0, 0.05) is 6.42 Å². The number of aliphatic hydroxyl groups is 8. The molecule has 14 nitrogen and oxygen atoms in total. The maximum atomic E-state index is 13.1. The maximum absolute atomic E-state index is 13.1. The number of ether oxygens (including phenoxy) is 4. The van der Waals surface area contributed by atoms with Crippen LogP contribution in [0.4, 0.5) is 0 Å². The Bertz CT molecular complexity index is 1260. The molecule has 9 N–H and O–H groups in total. The molecule has 0 aromatic rings. The minimum atomic E-state index is -1.79. The lowest BCUT2D eigenvalue weighted by molar-refractivity contribution is -0.359. The SMILES string of the molecule is CC/C=C\C/C=C\C/C=C\CCCCCCCC(=O)NC(COC1OC(CO)C(OC2OC(CO)C(O)C(O)C2O)C(O)C1O)C(O)/C=C/CCCCCCCCCCCCCCC. The van der Waals surface area contributed by atoms with Gasteiger partial charge < -0.3 is 65.1 Å². The van der Waals surface area contributed by atoms with Crippen LogP contribution in [-0.2, 0) is 23.7 Å². The smallest absolute Gasteiger partial charge is 0.220 e. The topological polar surface area (TPSA) is 228 Å². The van der Waals surface area contributed by atoms with Crippen LogP contribution in [0.25, 0.3) is 0 Å². The predicted octanol–water partition coefficient (Wildman–Crippen LogP) is 6.10. The van der Waals surface area contributed by atoms with E-state index in [2.05, 4.69) is 55.6 Å². The van der Waals surface area contributed by atoms with Crippen molar-refractivity contribution in [3.8, 4) is 0 Å². The van der Waals surface area contributed by atoms with Gasteiger partial charge in [-0.2, -0.15) is 0 Å². The summed E-state index contributed by atoms with van der Waals surface area (Å²) in [6, 6.07) is -0.923. The zero-order chi connectivity index (χ0) is 46.8. The van der Waals surface area contributed by atoms with Gasteiger partial charge in [-0.05, 0) is 51.4 Å². The van der Waals surface area contributed by atoms with Gasteiger partial charge in [-0.25, -0.2) is 0 Å². The van der Waals surface area contributed by atoms with Gasteiger partial charge in [0.05, 0.1) is 32.0 Å². The number of amides is 1. The molecule has 14 heteroatoms. The van der Waals surface area contributed by atoms with Gasteiger partial charge in [-0.1, -0.05) is 159 Å². The summed E-state index contributed by atoms with van der Waals surface area (Å²) in [5.74, 6) is -0.259. The number of allylic oxidation sites excluding steroid dienone is 7. The molecule has 0 bridgehead atoms. The van der Waals surface area contributed by atoms with E-state index < -0.39 is 86.8 Å². The largest absolute Gasteiger partial charge is 0.394 e. The highest BCUT2D eigenvalue weighted by Gasteiger charge is 2.51. The molecule has 12 unspecified atom stereocenters. The molecule has 2 fully saturated rings. The third-order valence-electron chi connectivity index (χ3n) is 12.0. The zero-order valence-corrected chi connectivity index (χ0v) is 39.3. The van der Waals surface area contributed by atoms with E-state index in [0.717, 1.165) is 70.6 Å². The number of hydrogen-bond acceptors (Lipinski definition) is 13. The Morgan fingerprint density at radius 2 is 1.08 bits per heavy atom. The fourth-order valence-electron chi connectivity index (χ4n) is 7.95. The third kappa shape index (κ3) is 24.1. The molecule has 0 radical (unpaired) electrons. The van der Waals surface area contributed by atoms with Gasteiger partial charge in [0.15, 0.2) is 12.6 Å². The second-order valence-electron chi connectivity index (χ2n) is 17.6. The lowest BCUT2D eigenvalue weighted by atomic mass is 9.97. The Morgan fingerprint density at radius 1 is 0.578 bits per heavy atom. The highest BCUT2D eigenvalue weighted by Crippen LogP contribution is 2.30. The predicted molar refractivity (Wildman–Crippen MR) is 249 cm³/mol. The van der Waals surface area contributed by atoms with Gasteiger partial charge in [0.2, 0.25) is 5.91 Å². The minimum absolute atomic E-state index is 0.259. The monoisotopic (exact) mass is 912 g/mol. The average Bonchev–Trinajstić information content (AvgIpc) is 3.29. The molecule has 0 aliphatic carbocycles. The van der Waals surface area contributed by atoms with Crippen molar-refractivity contribution in [2.75, 3.05) is 19.8 Å². The third-order valence-corrected chi connectivity index (χ3v) is 12.0. The van der Waals surface area contributed by atoms with Crippen LogP contribution in [0.3, 0.4) is 0 Å². The van der Waals surface area contributed by atoms with Crippen molar-refractivity contribution in [2.45, 2.75) is 242 Å². The van der Waals surface area contributed by atoms with E-state index in [4.69, 9.17) is 18.9 Å². The Kier molecular flexibility index (Phi) is 33.6. The molecule has 2 aliphatic heterocycles. The van der Waals surface area contributed by atoms with E-state index >= 15 is 0 Å².